The highest BCUT2D eigenvalue weighted by molar-refractivity contribution is 5.10. The molecule has 0 aliphatic carbocycles. The maximum Gasteiger partial charge on any atom is 0.141 e. The van der Waals surface area contributed by atoms with Crippen molar-refractivity contribution in [3.05, 3.63) is 29.8 Å². The van der Waals surface area contributed by atoms with Crippen LogP contribution in [0.25, 0.3) is 0 Å². The maximum absolute atomic E-state index is 13.0. The highest BCUT2D eigenvalue weighted by Crippen LogP contribution is 2.32. The Kier molecular flexibility index (Phi) is 5.71. The smallest absolute Gasteiger partial charge is 0.141 e. The third-order valence-electron chi connectivity index (χ3n) is 4.73. The molecule has 0 spiro atoms. The SMILES string of the molecule is CCC(NC1CCOC(CC)(CC)C1)c1ccc(F)cn1. The first-order valence-electron chi connectivity index (χ1n) is 8.14. The Morgan fingerprint density at radius 3 is 2.71 bits per heavy atom. The first-order valence-corrected chi connectivity index (χ1v) is 8.14. The second kappa shape index (κ2) is 7.32. The predicted octanol–water partition coefficient (Wildman–Crippen LogP) is 4.00. The van der Waals surface area contributed by atoms with Crippen LogP contribution in [0.3, 0.4) is 0 Å². The molecule has 1 aliphatic rings. The lowest BCUT2D eigenvalue weighted by molar-refractivity contribution is -0.0942. The Hall–Kier alpha value is -1.00. The summed E-state index contributed by atoms with van der Waals surface area (Å²) in [7, 11) is 0. The van der Waals surface area contributed by atoms with Crippen LogP contribution in [0.5, 0.6) is 0 Å². The molecule has 1 saturated heterocycles. The van der Waals surface area contributed by atoms with E-state index in [2.05, 4.69) is 31.1 Å². The van der Waals surface area contributed by atoms with Crippen molar-refractivity contribution in [3.8, 4) is 0 Å². The van der Waals surface area contributed by atoms with Gasteiger partial charge in [0.05, 0.1) is 17.5 Å². The van der Waals surface area contributed by atoms with Crippen molar-refractivity contribution in [2.75, 3.05) is 6.61 Å². The number of hydrogen-bond donors (Lipinski definition) is 1. The molecular weight excluding hydrogens is 267 g/mol. The van der Waals surface area contributed by atoms with E-state index in [4.69, 9.17) is 4.74 Å². The van der Waals surface area contributed by atoms with Crippen LogP contribution in [0.4, 0.5) is 4.39 Å². The highest BCUT2D eigenvalue weighted by atomic mass is 19.1. The number of halogens is 1. The van der Waals surface area contributed by atoms with E-state index >= 15 is 0 Å². The molecule has 2 rings (SSSR count). The van der Waals surface area contributed by atoms with E-state index in [1.165, 1.54) is 12.3 Å². The van der Waals surface area contributed by atoms with Crippen LogP contribution in [-0.2, 0) is 4.74 Å². The van der Waals surface area contributed by atoms with Crippen LogP contribution >= 0.6 is 0 Å². The molecule has 0 bridgehead atoms. The van der Waals surface area contributed by atoms with Gasteiger partial charge in [-0.15, -0.1) is 0 Å². The normalized spacial score (nSPS) is 23.0. The average molecular weight is 294 g/mol. The fourth-order valence-electron chi connectivity index (χ4n) is 3.20. The molecule has 1 aromatic rings. The lowest BCUT2D eigenvalue weighted by atomic mass is 9.85. The van der Waals surface area contributed by atoms with E-state index in [9.17, 15) is 4.39 Å². The molecule has 118 valence electrons. The molecule has 1 aliphatic heterocycles. The van der Waals surface area contributed by atoms with Crippen molar-refractivity contribution in [3.63, 3.8) is 0 Å². The van der Waals surface area contributed by atoms with Gasteiger partial charge in [0.25, 0.3) is 0 Å². The number of nitrogens with zero attached hydrogens (tertiary/aromatic N) is 1. The minimum absolute atomic E-state index is 0.0183. The zero-order valence-corrected chi connectivity index (χ0v) is 13.4. The number of hydrogen-bond acceptors (Lipinski definition) is 3. The number of pyridine rings is 1. The average Bonchev–Trinajstić information content (AvgIpc) is 2.53. The molecule has 0 aromatic carbocycles. The van der Waals surface area contributed by atoms with E-state index in [-0.39, 0.29) is 17.5 Å². The molecule has 0 saturated carbocycles. The fourth-order valence-corrected chi connectivity index (χ4v) is 3.20. The Balaban J connectivity index is 2.03. The van der Waals surface area contributed by atoms with Crippen LogP contribution < -0.4 is 5.32 Å². The summed E-state index contributed by atoms with van der Waals surface area (Å²) in [4.78, 5) is 4.22. The summed E-state index contributed by atoms with van der Waals surface area (Å²) in [5.74, 6) is -0.282. The molecule has 2 atom stereocenters. The van der Waals surface area contributed by atoms with Crippen molar-refractivity contribution in [2.45, 2.75) is 70.6 Å². The van der Waals surface area contributed by atoms with Gasteiger partial charge in [0, 0.05) is 18.7 Å². The Morgan fingerprint density at radius 1 is 1.38 bits per heavy atom. The van der Waals surface area contributed by atoms with Crippen molar-refractivity contribution in [1.82, 2.24) is 10.3 Å². The van der Waals surface area contributed by atoms with Gasteiger partial charge in [0.2, 0.25) is 0 Å². The third kappa shape index (κ3) is 4.01. The summed E-state index contributed by atoms with van der Waals surface area (Å²) in [5.41, 5.74) is 0.939. The summed E-state index contributed by atoms with van der Waals surface area (Å²) in [6, 6.07) is 3.89. The standard InChI is InChI=1S/C17H27FN2O/c1-4-15(16-8-7-13(18)12-19-16)20-14-9-10-21-17(5-2,6-3)11-14/h7-8,12,14-15,20H,4-6,9-11H2,1-3H3. The largest absolute Gasteiger partial charge is 0.375 e. The molecule has 21 heavy (non-hydrogen) atoms. The summed E-state index contributed by atoms with van der Waals surface area (Å²) < 4.78 is 19.0. The van der Waals surface area contributed by atoms with E-state index in [1.807, 2.05) is 0 Å². The topological polar surface area (TPSA) is 34.1 Å². The molecule has 1 aromatic heterocycles. The molecule has 2 heterocycles. The van der Waals surface area contributed by atoms with Gasteiger partial charge in [-0.1, -0.05) is 20.8 Å². The second-order valence-corrected chi connectivity index (χ2v) is 5.96. The molecule has 0 amide bonds. The van der Waals surface area contributed by atoms with Crippen LogP contribution in [0.1, 0.15) is 64.6 Å². The van der Waals surface area contributed by atoms with Crippen molar-refractivity contribution < 1.29 is 9.13 Å². The monoisotopic (exact) mass is 294 g/mol. The zero-order valence-electron chi connectivity index (χ0n) is 13.4. The summed E-state index contributed by atoms with van der Waals surface area (Å²) in [6.07, 6.45) is 6.41. The van der Waals surface area contributed by atoms with Crippen LogP contribution in [0.2, 0.25) is 0 Å². The maximum atomic E-state index is 13.0. The van der Waals surface area contributed by atoms with Gasteiger partial charge >= 0.3 is 0 Å². The first-order chi connectivity index (χ1) is 10.1. The zero-order chi connectivity index (χ0) is 15.3. The van der Waals surface area contributed by atoms with Crippen molar-refractivity contribution >= 4 is 0 Å². The summed E-state index contributed by atoms with van der Waals surface area (Å²) >= 11 is 0. The number of ether oxygens (including phenoxy) is 1. The van der Waals surface area contributed by atoms with E-state index in [0.29, 0.717) is 6.04 Å². The Bertz CT molecular complexity index is 431. The third-order valence-corrected chi connectivity index (χ3v) is 4.73. The molecule has 3 nitrogen and oxygen atoms in total. The lowest BCUT2D eigenvalue weighted by Crippen LogP contribution is -2.47. The van der Waals surface area contributed by atoms with Gasteiger partial charge in [-0.05, 0) is 44.2 Å². The van der Waals surface area contributed by atoms with Gasteiger partial charge in [0.1, 0.15) is 5.82 Å². The van der Waals surface area contributed by atoms with Gasteiger partial charge in [-0.25, -0.2) is 4.39 Å². The number of rotatable bonds is 6. The van der Waals surface area contributed by atoms with Crippen LogP contribution in [0, 0.1) is 5.82 Å². The molecule has 1 fully saturated rings. The van der Waals surface area contributed by atoms with Crippen molar-refractivity contribution in [1.29, 1.82) is 0 Å². The van der Waals surface area contributed by atoms with E-state index < -0.39 is 0 Å². The second-order valence-electron chi connectivity index (χ2n) is 5.96. The van der Waals surface area contributed by atoms with Crippen molar-refractivity contribution in [2.24, 2.45) is 0 Å². The quantitative estimate of drug-likeness (QED) is 0.861. The Labute approximate surface area is 127 Å². The molecule has 0 radical (unpaired) electrons. The number of nitrogens with one attached hydrogen (secondary N) is 1. The lowest BCUT2D eigenvalue weighted by Gasteiger charge is -2.41. The van der Waals surface area contributed by atoms with Crippen LogP contribution in [-0.4, -0.2) is 23.2 Å². The van der Waals surface area contributed by atoms with Crippen LogP contribution in [0.15, 0.2) is 18.3 Å². The molecule has 4 heteroatoms. The van der Waals surface area contributed by atoms with Gasteiger partial charge in [0.15, 0.2) is 0 Å². The molecule has 2 unspecified atom stereocenters. The Morgan fingerprint density at radius 2 is 2.14 bits per heavy atom. The molecular formula is C17H27FN2O. The summed E-state index contributed by atoms with van der Waals surface area (Å²) in [5, 5.41) is 3.70. The van der Waals surface area contributed by atoms with Gasteiger partial charge in [-0.2, -0.15) is 0 Å². The first kappa shape index (κ1) is 16.4. The fraction of sp³-hybridized carbons (Fsp3) is 0.706. The van der Waals surface area contributed by atoms with Gasteiger partial charge < -0.3 is 10.1 Å². The molecule has 1 N–H and O–H groups in total. The minimum atomic E-state index is -0.282. The van der Waals surface area contributed by atoms with Gasteiger partial charge in [-0.3, -0.25) is 4.98 Å². The number of aromatic nitrogens is 1. The minimum Gasteiger partial charge on any atom is -0.375 e. The highest BCUT2D eigenvalue weighted by Gasteiger charge is 2.35. The summed E-state index contributed by atoms with van der Waals surface area (Å²) in [6.45, 7) is 7.34. The predicted molar refractivity (Wildman–Crippen MR) is 82.6 cm³/mol. The van der Waals surface area contributed by atoms with E-state index in [1.54, 1.807) is 6.07 Å². The van der Waals surface area contributed by atoms with E-state index in [0.717, 1.165) is 44.4 Å².